The van der Waals surface area contributed by atoms with Crippen LogP contribution in [0.3, 0.4) is 0 Å². The molecule has 9 atom stereocenters. The molecule has 4 rings (SSSR count). The first kappa shape index (κ1) is 17.3. The maximum Gasteiger partial charge on any atom is 0.0622 e. The molecular formula is C22H38O2. The Balaban J connectivity index is 1.56. The van der Waals surface area contributed by atoms with Crippen molar-refractivity contribution in [3.05, 3.63) is 0 Å². The van der Waals surface area contributed by atoms with Gasteiger partial charge in [-0.2, -0.15) is 0 Å². The van der Waals surface area contributed by atoms with Crippen LogP contribution in [0.4, 0.5) is 0 Å². The molecule has 24 heavy (non-hydrogen) atoms. The molecule has 0 amide bonds. The van der Waals surface area contributed by atoms with Crippen molar-refractivity contribution in [3.8, 4) is 0 Å². The number of hydrogen-bond acceptors (Lipinski definition) is 2. The van der Waals surface area contributed by atoms with E-state index in [0.29, 0.717) is 23.9 Å². The van der Waals surface area contributed by atoms with Crippen molar-refractivity contribution in [1.29, 1.82) is 0 Å². The second-order valence-corrected chi connectivity index (χ2v) is 10.6. The van der Waals surface area contributed by atoms with Crippen molar-refractivity contribution in [2.75, 3.05) is 6.61 Å². The molecule has 0 aromatic rings. The molecule has 138 valence electrons. The molecule has 0 radical (unpaired) electrons. The molecule has 0 aliphatic heterocycles. The second-order valence-electron chi connectivity index (χ2n) is 10.6. The molecule has 4 aliphatic carbocycles. The third-order valence-corrected chi connectivity index (χ3v) is 9.34. The zero-order chi connectivity index (χ0) is 17.1. The van der Waals surface area contributed by atoms with Gasteiger partial charge in [-0.15, -0.1) is 0 Å². The summed E-state index contributed by atoms with van der Waals surface area (Å²) in [5, 5.41) is 20.6. The summed E-state index contributed by atoms with van der Waals surface area (Å²) in [5.41, 5.74) is -0.0278. The third-order valence-electron chi connectivity index (χ3n) is 9.34. The summed E-state index contributed by atoms with van der Waals surface area (Å²) < 4.78 is 0. The minimum atomic E-state index is -0.403. The molecule has 0 aromatic carbocycles. The van der Waals surface area contributed by atoms with Gasteiger partial charge >= 0.3 is 0 Å². The van der Waals surface area contributed by atoms with Gasteiger partial charge in [-0.25, -0.2) is 0 Å². The van der Waals surface area contributed by atoms with Gasteiger partial charge in [0, 0.05) is 6.61 Å². The highest BCUT2D eigenvalue weighted by Crippen LogP contribution is 2.63. The summed E-state index contributed by atoms with van der Waals surface area (Å²) in [7, 11) is 0. The largest absolute Gasteiger partial charge is 0.396 e. The minimum Gasteiger partial charge on any atom is -0.396 e. The van der Waals surface area contributed by atoms with Gasteiger partial charge in [0.25, 0.3) is 0 Å². The minimum absolute atomic E-state index is 0.376. The summed E-state index contributed by atoms with van der Waals surface area (Å²) in [4.78, 5) is 0. The van der Waals surface area contributed by atoms with Gasteiger partial charge in [0.15, 0.2) is 0 Å². The molecular weight excluding hydrogens is 296 g/mol. The van der Waals surface area contributed by atoms with E-state index in [0.717, 1.165) is 42.4 Å². The lowest BCUT2D eigenvalue weighted by molar-refractivity contribution is -0.143. The Labute approximate surface area is 148 Å². The number of aliphatic hydroxyl groups is 2. The van der Waals surface area contributed by atoms with E-state index in [4.69, 9.17) is 0 Å². The molecule has 2 heteroatoms. The first-order valence-electron chi connectivity index (χ1n) is 10.7. The first-order chi connectivity index (χ1) is 11.4. The molecule has 0 heterocycles. The molecule has 4 saturated carbocycles. The Morgan fingerprint density at radius 3 is 2.38 bits per heavy atom. The smallest absolute Gasteiger partial charge is 0.0622 e. The van der Waals surface area contributed by atoms with E-state index < -0.39 is 5.60 Å². The molecule has 0 aromatic heterocycles. The summed E-state index contributed by atoms with van der Waals surface area (Å²) in [5.74, 6) is 5.50. The van der Waals surface area contributed by atoms with Crippen LogP contribution in [0.5, 0.6) is 0 Å². The fourth-order valence-electron chi connectivity index (χ4n) is 8.12. The SMILES string of the molecule is C[C@@H]1CC[C@H]2[C@@H]3CC[C@@H]4C[C@](C)(O)CC[C@@H]4[C@H]3CC[C@]2(C)[C@H]1CO. The Morgan fingerprint density at radius 1 is 0.875 bits per heavy atom. The molecule has 4 aliphatic rings. The number of aliphatic hydroxyl groups excluding tert-OH is 1. The van der Waals surface area contributed by atoms with Gasteiger partial charge in [0.1, 0.15) is 0 Å². The third kappa shape index (κ3) is 2.58. The van der Waals surface area contributed by atoms with Crippen molar-refractivity contribution >= 4 is 0 Å². The van der Waals surface area contributed by atoms with Crippen LogP contribution in [-0.4, -0.2) is 22.4 Å². The quantitative estimate of drug-likeness (QED) is 0.733. The van der Waals surface area contributed by atoms with E-state index in [9.17, 15) is 10.2 Å². The van der Waals surface area contributed by atoms with E-state index in [1.54, 1.807) is 0 Å². The van der Waals surface area contributed by atoms with Gasteiger partial charge in [-0.1, -0.05) is 20.3 Å². The van der Waals surface area contributed by atoms with Crippen LogP contribution in [0.1, 0.15) is 78.6 Å². The number of hydrogen-bond donors (Lipinski definition) is 2. The lowest BCUT2D eigenvalue weighted by Gasteiger charge is -2.62. The summed E-state index contributed by atoms with van der Waals surface area (Å²) in [6.45, 7) is 7.33. The lowest BCUT2D eigenvalue weighted by Crippen LogP contribution is -2.55. The van der Waals surface area contributed by atoms with E-state index >= 15 is 0 Å². The van der Waals surface area contributed by atoms with Gasteiger partial charge in [-0.05, 0) is 105 Å². The average molecular weight is 335 g/mol. The number of rotatable bonds is 1. The zero-order valence-electron chi connectivity index (χ0n) is 16.0. The molecule has 4 fully saturated rings. The van der Waals surface area contributed by atoms with Crippen LogP contribution in [-0.2, 0) is 0 Å². The molecule has 2 N–H and O–H groups in total. The molecule has 2 nitrogen and oxygen atoms in total. The van der Waals surface area contributed by atoms with Crippen LogP contribution < -0.4 is 0 Å². The predicted octanol–water partition coefficient (Wildman–Crippen LogP) is 4.63. The van der Waals surface area contributed by atoms with E-state index in [-0.39, 0.29) is 0 Å². The highest BCUT2D eigenvalue weighted by Gasteiger charge is 2.56. The van der Waals surface area contributed by atoms with Crippen molar-refractivity contribution in [3.63, 3.8) is 0 Å². The fourth-order valence-corrected chi connectivity index (χ4v) is 8.12. The fraction of sp³-hybridized carbons (Fsp3) is 1.00. The molecule has 0 spiro atoms. The maximum absolute atomic E-state index is 10.5. The Bertz CT molecular complexity index is 473. The van der Waals surface area contributed by atoms with Crippen molar-refractivity contribution < 1.29 is 10.2 Å². The Hall–Kier alpha value is -0.0800. The van der Waals surface area contributed by atoms with Gasteiger partial charge in [0.05, 0.1) is 5.60 Å². The van der Waals surface area contributed by atoms with Gasteiger partial charge < -0.3 is 10.2 Å². The van der Waals surface area contributed by atoms with Gasteiger partial charge in [0.2, 0.25) is 0 Å². The number of fused-ring (bicyclic) bond motifs is 5. The Kier molecular flexibility index (Phi) is 4.32. The van der Waals surface area contributed by atoms with Crippen LogP contribution in [0.25, 0.3) is 0 Å². The van der Waals surface area contributed by atoms with Crippen LogP contribution >= 0.6 is 0 Å². The monoisotopic (exact) mass is 334 g/mol. The normalized spacial score (nSPS) is 57.6. The second kappa shape index (κ2) is 5.98. The van der Waals surface area contributed by atoms with Crippen LogP contribution in [0, 0.1) is 46.8 Å². The summed E-state index contributed by atoms with van der Waals surface area (Å²) >= 11 is 0. The van der Waals surface area contributed by atoms with Gasteiger partial charge in [-0.3, -0.25) is 0 Å². The van der Waals surface area contributed by atoms with E-state index in [1.807, 2.05) is 0 Å². The highest BCUT2D eigenvalue weighted by molar-refractivity contribution is 5.06. The lowest BCUT2D eigenvalue weighted by atomic mass is 9.44. The maximum atomic E-state index is 10.5. The van der Waals surface area contributed by atoms with Crippen LogP contribution in [0.2, 0.25) is 0 Å². The zero-order valence-corrected chi connectivity index (χ0v) is 16.0. The van der Waals surface area contributed by atoms with Crippen LogP contribution in [0.15, 0.2) is 0 Å². The van der Waals surface area contributed by atoms with Crippen molar-refractivity contribution in [1.82, 2.24) is 0 Å². The first-order valence-corrected chi connectivity index (χ1v) is 10.7. The van der Waals surface area contributed by atoms with Crippen molar-refractivity contribution in [2.45, 2.75) is 84.2 Å². The average Bonchev–Trinajstić information content (AvgIpc) is 2.52. The summed E-state index contributed by atoms with van der Waals surface area (Å²) in [6.07, 6.45) is 11.4. The highest BCUT2D eigenvalue weighted by atomic mass is 16.3. The van der Waals surface area contributed by atoms with E-state index in [2.05, 4.69) is 20.8 Å². The molecule has 0 saturated heterocycles. The Morgan fingerprint density at radius 2 is 1.62 bits per heavy atom. The molecule has 0 bridgehead atoms. The topological polar surface area (TPSA) is 40.5 Å². The predicted molar refractivity (Wildman–Crippen MR) is 97.5 cm³/mol. The summed E-state index contributed by atoms with van der Waals surface area (Å²) in [6, 6.07) is 0. The standard InChI is InChI=1S/C22H38O2/c1-14-4-7-19-18-6-5-15-12-21(2,24)10-8-16(15)17(18)9-11-22(19,3)20(14)13-23/h14-20,23-24H,4-13H2,1-3H3/t14-,15-,16+,17-,18-,19+,20+,21-,22+/m1/s1. The molecule has 0 unspecified atom stereocenters. The van der Waals surface area contributed by atoms with E-state index in [1.165, 1.54) is 44.9 Å². The van der Waals surface area contributed by atoms with Crippen molar-refractivity contribution in [2.24, 2.45) is 46.8 Å².